The van der Waals surface area contributed by atoms with Crippen molar-refractivity contribution < 1.29 is 4.79 Å². The van der Waals surface area contributed by atoms with Gasteiger partial charge in [0, 0.05) is 34.2 Å². The summed E-state index contributed by atoms with van der Waals surface area (Å²) in [6.07, 6.45) is 6.26. The van der Waals surface area contributed by atoms with Crippen LogP contribution in [0, 0.1) is 0 Å². The molecule has 19 heavy (non-hydrogen) atoms. The van der Waals surface area contributed by atoms with Gasteiger partial charge in [-0.3, -0.25) is 9.78 Å². The molecule has 1 amide bonds. The fourth-order valence-corrected chi connectivity index (χ4v) is 1.89. The Balaban J connectivity index is 2.04. The van der Waals surface area contributed by atoms with Crippen molar-refractivity contribution in [2.24, 2.45) is 0 Å². The minimum absolute atomic E-state index is 0.239. The van der Waals surface area contributed by atoms with Gasteiger partial charge < -0.3 is 5.32 Å². The maximum atomic E-state index is 11.7. The summed E-state index contributed by atoms with van der Waals surface area (Å²) >= 11 is 11.8. The van der Waals surface area contributed by atoms with Crippen LogP contribution in [-0.4, -0.2) is 10.9 Å². The van der Waals surface area contributed by atoms with Gasteiger partial charge >= 0.3 is 0 Å². The molecule has 1 N–H and O–H groups in total. The predicted molar refractivity (Wildman–Crippen MR) is 78.4 cm³/mol. The van der Waals surface area contributed by atoms with Crippen LogP contribution in [0.2, 0.25) is 10.0 Å². The van der Waals surface area contributed by atoms with Crippen molar-refractivity contribution in [3.05, 3.63) is 64.4 Å². The highest BCUT2D eigenvalue weighted by molar-refractivity contribution is 6.35. The number of aromatic nitrogens is 1. The fraction of sp³-hybridized carbons (Fsp3) is 0. The zero-order valence-corrected chi connectivity index (χ0v) is 11.3. The Morgan fingerprint density at radius 2 is 1.89 bits per heavy atom. The summed E-state index contributed by atoms with van der Waals surface area (Å²) in [5, 5.41) is 3.77. The Kier molecular flexibility index (Phi) is 4.55. The maximum absolute atomic E-state index is 11.7. The molecule has 0 aliphatic rings. The molecule has 1 aromatic carbocycles. The number of carbonyl (C=O) groups excluding carboxylic acids is 1. The molecular formula is C14H10Cl2N2O. The van der Waals surface area contributed by atoms with E-state index in [2.05, 4.69) is 10.3 Å². The predicted octanol–water partition coefficient (Wildman–Crippen LogP) is 4.04. The van der Waals surface area contributed by atoms with Crippen LogP contribution in [0.15, 0.2) is 48.8 Å². The van der Waals surface area contributed by atoms with Crippen molar-refractivity contribution in [3.63, 3.8) is 0 Å². The lowest BCUT2D eigenvalue weighted by atomic mass is 10.2. The molecule has 2 rings (SSSR count). The summed E-state index contributed by atoms with van der Waals surface area (Å²) in [5.74, 6) is -0.239. The molecule has 2 aromatic rings. The van der Waals surface area contributed by atoms with E-state index in [1.807, 2.05) is 0 Å². The second kappa shape index (κ2) is 6.36. The molecule has 96 valence electrons. The third-order valence-electron chi connectivity index (χ3n) is 2.32. The first-order valence-electron chi connectivity index (χ1n) is 5.49. The largest absolute Gasteiger partial charge is 0.322 e. The Labute approximate surface area is 120 Å². The number of nitrogens with zero attached hydrogens (tertiary/aromatic N) is 1. The van der Waals surface area contributed by atoms with Gasteiger partial charge in [0.1, 0.15) is 0 Å². The molecule has 0 fully saturated rings. The summed E-state index contributed by atoms with van der Waals surface area (Å²) < 4.78 is 0. The zero-order valence-electron chi connectivity index (χ0n) is 9.81. The highest BCUT2D eigenvalue weighted by Gasteiger charge is 2.00. The van der Waals surface area contributed by atoms with Crippen LogP contribution >= 0.6 is 23.2 Å². The summed E-state index contributed by atoms with van der Waals surface area (Å²) in [4.78, 5) is 15.5. The lowest BCUT2D eigenvalue weighted by molar-refractivity contribution is -0.111. The van der Waals surface area contributed by atoms with Gasteiger partial charge in [0.05, 0.1) is 0 Å². The van der Waals surface area contributed by atoms with E-state index < -0.39 is 0 Å². The van der Waals surface area contributed by atoms with Crippen molar-refractivity contribution >= 4 is 40.9 Å². The Bertz CT molecular complexity index is 612. The number of pyridine rings is 1. The van der Waals surface area contributed by atoms with E-state index >= 15 is 0 Å². The van der Waals surface area contributed by atoms with Gasteiger partial charge in [-0.05, 0) is 35.9 Å². The summed E-state index contributed by atoms with van der Waals surface area (Å²) in [6.45, 7) is 0. The second-order valence-electron chi connectivity index (χ2n) is 3.72. The van der Waals surface area contributed by atoms with E-state index in [0.29, 0.717) is 15.7 Å². The van der Waals surface area contributed by atoms with Crippen LogP contribution in [0.4, 0.5) is 5.69 Å². The summed E-state index contributed by atoms with van der Waals surface area (Å²) in [7, 11) is 0. The first-order valence-corrected chi connectivity index (χ1v) is 6.25. The lowest BCUT2D eigenvalue weighted by Gasteiger charge is -2.01. The van der Waals surface area contributed by atoms with Gasteiger partial charge in [-0.1, -0.05) is 29.3 Å². The number of benzene rings is 1. The van der Waals surface area contributed by atoms with Gasteiger partial charge in [0.25, 0.3) is 0 Å². The quantitative estimate of drug-likeness (QED) is 0.868. The average Bonchev–Trinajstić information content (AvgIpc) is 2.39. The maximum Gasteiger partial charge on any atom is 0.248 e. The monoisotopic (exact) mass is 292 g/mol. The van der Waals surface area contributed by atoms with E-state index in [9.17, 15) is 4.79 Å². The molecule has 0 aliphatic carbocycles. The minimum atomic E-state index is -0.239. The number of anilines is 1. The fourth-order valence-electron chi connectivity index (χ4n) is 1.42. The smallest absolute Gasteiger partial charge is 0.248 e. The van der Waals surface area contributed by atoms with Crippen LogP contribution in [0.3, 0.4) is 0 Å². The van der Waals surface area contributed by atoms with Gasteiger partial charge in [0.2, 0.25) is 5.91 Å². The molecule has 0 saturated carbocycles. The Morgan fingerprint density at radius 3 is 2.58 bits per heavy atom. The van der Waals surface area contributed by atoms with E-state index in [1.165, 1.54) is 6.08 Å². The summed E-state index contributed by atoms with van der Waals surface area (Å²) in [6, 6.07) is 8.51. The molecule has 3 nitrogen and oxygen atoms in total. The number of hydrogen-bond acceptors (Lipinski definition) is 2. The SMILES string of the molecule is O=C(/C=C\c1ccc(Cl)cc1Cl)Nc1ccncc1. The third kappa shape index (κ3) is 4.09. The second-order valence-corrected chi connectivity index (χ2v) is 4.57. The van der Waals surface area contributed by atoms with Crippen molar-refractivity contribution in [1.29, 1.82) is 0 Å². The van der Waals surface area contributed by atoms with Gasteiger partial charge in [-0.2, -0.15) is 0 Å². The third-order valence-corrected chi connectivity index (χ3v) is 2.89. The Hall–Kier alpha value is -1.84. The number of rotatable bonds is 3. The van der Waals surface area contributed by atoms with E-state index in [-0.39, 0.29) is 5.91 Å². The molecular weight excluding hydrogens is 283 g/mol. The molecule has 0 bridgehead atoms. The minimum Gasteiger partial charge on any atom is -0.322 e. The number of nitrogens with one attached hydrogen (secondary N) is 1. The van der Waals surface area contributed by atoms with Crippen LogP contribution < -0.4 is 5.32 Å². The molecule has 0 aliphatic heterocycles. The first-order chi connectivity index (χ1) is 9.15. The van der Waals surface area contributed by atoms with Gasteiger partial charge in [-0.15, -0.1) is 0 Å². The number of hydrogen-bond donors (Lipinski definition) is 1. The van der Waals surface area contributed by atoms with Crippen LogP contribution in [0.25, 0.3) is 6.08 Å². The zero-order chi connectivity index (χ0) is 13.7. The molecule has 1 aromatic heterocycles. The van der Waals surface area contributed by atoms with Crippen LogP contribution in [-0.2, 0) is 4.79 Å². The lowest BCUT2D eigenvalue weighted by Crippen LogP contribution is -2.07. The van der Waals surface area contributed by atoms with Crippen LogP contribution in [0.5, 0.6) is 0 Å². The first kappa shape index (κ1) is 13.6. The van der Waals surface area contributed by atoms with Crippen molar-refractivity contribution in [3.8, 4) is 0 Å². The number of carbonyl (C=O) groups is 1. The normalized spacial score (nSPS) is 10.6. The molecule has 0 saturated heterocycles. The Morgan fingerprint density at radius 1 is 1.16 bits per heavy atom. The highest BCUT2D eigenvalue weighted by Crippen LogP contribution is 2.21. The molecule has 0 radical (unpaired) electrons. The van der Waals surface area contributed by atoms with Crippen molar-refractivity contribution in [1.82, 2.24) is 4.98 Å². The molecule has 0 spiro atoms. The average molecular weight is 293 g/mol. The standard InChI is InChI=1S/C14H10Cl2N2O/c15-11-3-1-10(13(16)9-11)2-4-14(19)18-12-5-7-17-8-6-12/h1-9H,(H,17,18,19)/b4-2-. The molecule has 0 atom stereocenters. The summed E-state index contributed by atoms with van der Waals surface area (Å²) in [5.41, 5.74) is 1.42. The van der Waals surface area contributed by atoms with E-state index in [1.54, 1.807) is 48.8 Å². The van der Waals surface area contributed by atoms with E-state index in [4.69, 9.17) is 23.2 Å². The van der Waals surface area contributed by atoms with Crippen molar-refractivity contribution in [2.45, 2.75) is 0 Å². The molecule has 5 heteroatoms. The van der Waals surface area contributed by atoms with Gasteiger partial charge in [0.15, 0.2) is 0 Å². The highest BCUT2D eigenvalue weighted by atomic mass is 35.5. The van der Waals surface area contributed by atoms with Gasteiger partial charge in [-0.25, -0.2) is 0 Å². The van der Waals surface area contributed by atoms with E-state index in [0.717, 1.165) is 5.56 Å². The molecule has 0 unspecified atom stereocenters. The number of amides is 1. The van der Waals surface area contributed by atoms with Crippen molar-refractivity contribution in [2.75, 3.05) is 5.32 Å². The van der Waals surface area contributed by atoms with Crippen LogP contribution in [0.1, 0.15) is 5.56 Å². The number of halogens is 2. The topological polar surface area (TPSA) is 42.0 Å². The molecule has 1 heterocycles.